The van der Waals surface area contributed by atoms with Crippen molar-refractivity contribution in [1.82, 2.24) is 5.32 Å². The minimum Gasteiger partial charge on any atom is -0.491 e. The third-order valence-electron chi connectivity index (χ3n) is 7.23. The maximum Gasteiger partial charge on any atom is 0.320 e. The van der Waals surface area contributed by atoms with Gasteiger partial charge in [0.1, 0.15) is 18.4 Å². The highest BCUT2D eigenvalue weighted by atomic mass is 35.5. The summed E-state index contributed by atoms with van der Waals surface area (Å²) in [5.74, 6) is 0.158. The lowest BCUT2D eigenvalue weighted by atomic mass is 9.94. The van der Waals surface area contributed by atoms with Crippen LogP contribution in [0.4, 0.5) is 0 Å². The van der Waals surface area contributed by atoms with E-state index in [9.17, 15) is 15.0 Å². The van der Waals surface area contributed by atoms with Gasteiger partial charge in [-0.05, 0) is 80.0 Å². The zero-order valence-electron chi connectivity index (χ0n) is 24.5. The first kappa shape index (κ1) is 33.3. The molecule has 2 aliphatic heterocycles. The topological polar surface area (TPSA) is 117 Å². The standard InChI is InChI=1S/C25H31ClO5.C5H9NO2.C2H6/c1-16-10-17(2-7-24(16)30-9-8-29-21-4-5-21)11-19-12-18(3-6-23(19)26)25-14-20(28)13-22(15-27)31-25;7-5(8)4-2-1-3-6-4;1-2/h2-3,6-7,10,12,20-22,25,27-28H,4-5,8-9,11,13-15H2,1H3;4,6H,1-3H2,(H,7,8);1-2H3. The SMILES string of the molecule is CC.Cc1cc(Cc2cc(C3CC(O)CC(CO)O3)ccc2Cl)ccc1OCCOC1CC1.O=C(O)C1CCCN1. The monoisotopic (exact) mass is 591 g/mol. The summed E-state index contributed by atoms with van der Waals surface area (Å²) in [7, 11) is 0. The number of aliphatic hydroxyl groups is 2. The van der Waals surface area contributed by atoms with E-state index in [2.05, 4.69) is 23.5 Å². The second kappa shape index (κ2) is 17.0. The molecule has 8 nitrogen and oxygen atoms in total. The van der Waals surface area contributed by atoms with Gasteiger partial charge in [0.05, 0.1) is 37.6 Å². The van der Waals surface area contributed by atoms with E-state index in [0.717, 1.165) is 47.4 Å². The van der Waals surface area contributed by atoms with Crippen LogP contribution < -0.4 is 10.1 Å². The van der Waals surface area contributed by atoms with E-state index in [1.165, 1.54) is 12.8 Å². The maximum absolute atomic E-state index is 10.1. The zero-order chi connectivity index (χ0) is 29.8. The Balaban J connectivity index is 0.000000394. The highest BCUT2D eigenvalue weighted by molar-refractivity contribution is 6.31. The van der Waals surface area contributed by atoms with Crippen LogP contribution in [0.5, 0.6) is 5.75 Å². The van der Waals surface area contributed by atoms with Crippen LogP contribution in [0.15, 0.2) is 36.4 Å². The van der Waals surface area contributed by atoms with Crippen molar-refractivity contribution in [3.05, 3.63) is 63.7 Å². The fourth-order valence-electron chi connectivity index (χ4n) is 4.95. The van der Waals surface area contributed by atoms with Crippen LogP contribution in [0, 0.1) is 6.92 Å². The van der Waals surface area contributed by atoms with Gasteiger partial charge in [-0.3, -0.25) is 4.79 Å². The summed E-state index contributed by atoms with van der Waals surface area (Å²) in [5, 5.41) is 31.5. The number of hydrogen-bond donors (Lipinski definition) is 4. The predicted octanol–water partition coefficient (Wildman–Crippen LogP) is 5.22. The molecular formula is C32H46ClNO7. The molecule has 2 heterocycles. The summed E-state index contributed by atoms with van der Waals surface area (Å²) in [4.78, 5) is 10.1. The first-order valence-corrected chi connectivity index (χ1v) is 15.2. The van der Waals surface area contributed by atoms with Gasteiger partial charge >= 0.3 is 5.97 Å². The lowest BCUT2D eigenvalue weighted by Gasteiger charge is -2.32. The molecule has 5 rings (SSSR count). The number of nitrogens with one attached hydrogen (secondary N) is 1. The Bertz CT molecular complexity index is 1090. The summed E-state index contributed by atoms with van der Waals surface area (Å²) in [6.45, 7) is 8.01. The van der Waals surface area contributed by atoms with Crippen LogP contribution in [0.25, 0.3) is 0 Å². The second-order valence-corrected chi connectivity index (χ2v) is 11.0. The van der Waals surface area contributed by atoms with Gasteiger partial charge in [-0.25, -0.2) is 0 Å². The molecule has 41 heavy (non-hydrogen) atoms. The summed E-state index contributed by atoms with van der Waals surface area (Å²) in [6, 6.07) is 11.8. The summed E-state index contributed by atoms with van der Waals surface area (Å²) < 4.78 is 17.5. The molecule has 0 amide bonds. The van der Waals surface area contributed by atoms with Crippen molar-refractivity contribution in [3.63, 3.8) is 0 Å². The molecule has 228 valence electrons. The van der Waals surface area contributed by atoms with Crippen molar-refractivity contribution in [3.8, 4) is 5.75 Å². The van der Waals surface area contributed by atoms with Crippen LogP contribution >= 0.6 is 11.6 Å². The summed E-state index contributed by atoms with van der Waals surface area (Å²) in [5.41, 5.74) is 4.22. The quantitative estimate of drug-likeness (QED) is 0.278. The van der Waals surface area contributed by atoms with Crippen molar-refractivity contribution in [1.29, 1.82) is 0 Å². The first-order valence-electron chi connectivity index (χ1n) is 14.8. The van der Waals surface area contributed by atoms with E-state index in [-0.39, 0.29) is 24.9 Å². The molecule has 0 spiro atoms. The second-order valence-electron chi connectivity index (χ2n) is 10.6. The number of aliphatic carboxylic acids is 1. The van der Waals surface area contributed by atoms with Crippen molar-refractivity contribution < 1.29 is 34.3 Å². The first-order chi connectivity index (χ1) is 19.8. The largest absolute Gasteiger partial charge is 0.491 e. The van der Waals surface area contributed by atoms with Gasteiger partial charge in [-0.15, -0.1) is 0 Å². The van der Waals surface area contributed by atoms with Crippen molar-refractivity contribution in [2.45, 2.75) is 96.2 Å². The molecule has 3 fully saturated rings. The molecule has 2 aromatic carbocycles. The highest BCUT2D eigenvalue weighted by Gasteiger charge is 2.29. The van der Waals surface area contributed by atoms with E-state index in [1.807, 2.05) is 39.0 Å². The predicted molar refractivity (Wildman–Crippen MR) is 160 cm³/mol. The molecule has 4 unspecified atom stereocenters. The number of ether oxygens (including phenoxy) is 3. The molecule has 3 aliphatic rings. The number of carbonyl (C=O) groups is 1. The van der Waals surface area contributed by atoms with Gasteiger partial charge in [0.25, 0.3) is 0 Å². The van der Waals surface area contributed by atoms with Crippen LogP contribution in [0.1, 0.15) is 80.7 Å². The van der Waals surface area contributed by atoms with E-state index < -0.39 is 12.1 Å². The summed E-state index contributed by atoms with van der Waals surface area (Å²) in [6.07, 6.45) is 5.21. The Morgan fingerprint density at radius 3 is 2.49 bits per heavy atom. The lowest BCUT2D eigenvalue weighted by molar-refractivity contribution is -0.139. The Labute approximate surface area is 249 Å². The average Bonchev–Trinajstić information content (AvgIpc) is 3.62. The number of halogens is 1. The number of benzene rings is 2. The Morgan fingerprint density at radius 1 is 1.10 bits per heavy atom. The molecule has 1 saturated carbocycles. The lowest BCUT2D eigenvalue weighted by Crippen LogP contribution is -2.33. The van der Waals surface area contributed by atoms with E-state index >= 15 is 0 Å². The minimum atomic E-state index is -0.720. The Morgan fingerprint density at radius 2 is 1.88 bits per heavy atom. The van der Waals surface area contributed by atoms with Gasteiger partial charge in [0, 0.05) is 17.9 Å². The number of rotatable bonds is 10. The minimum absolute atomic E-state index is 0.0889. The zero-order valence-corrected chi connectivity index (χ0v) is 25.2. The fraction of sp³-hybridized carbons (Fsp3) is 0.594. The van der Waals surface area contributed by atoms with Crippen LogP contribution in [-0.2, 0) is 20.7 Å². The molecule has 2 aromatic rings. The average molecular weight is 592 g/mol. The van der Waals surface area contributed by atoms with Crippen molar-refractivity contribution in [2.75, 3.05) is 26.4 Å². The highest BCUT2D eigenvalue weighted by Crippen LogP contribution is 2.34. The molecule has 0 radical (unpaired) electrons. The van der Waals surface area contributed by atoms with Gasteiger partial charge in [-0.1, -0.05) is 49.7 Å². The maximum atomic E-state index is 10.1. The van der Waals surface area contributed by atoms with Crippen molar-refractivity contribution >= 4 is 17.6 Å². The molecule has 4 N–H and O–H groups in total. The molecule has 4 atom stereocenters. The normalized spacial score (nSPS) is 23.6. The Kier molecular flexibility index (Phi) is 13.8. The van der Waals surface area contributed by atoms with Gasteiger partial charge in [0.15, 0.2) is 0 Å². The van der Waals surface area contributed by atoms with Crippen LogP contribution in [0.3, 0.4) is 0 Å². The number of aryl methyl sites for hydroxylation is 1. The molecule has 2 saturated heterocycles. The number of aliphatic hydroxyl groups excluding tert-OH is 2. The van der Waals surface area contributed by atoms with Crippen LogP contribution in [0.2, 0.25) is 5.02 Å². The van der Waals surface area contributed by atoms with Gasteiger partial charge < -0.3 is 34.8 Å². The van der Waals surface area contributed by atoms with Gasteiger partial charge in [-0.2, -0.15) is 0 Å². The van der Waals surface area contributed by atoms with Crippen LogP contribution in [-0.4, -0.2) is 72.0 Å². The van der Waals surface area contributed by atoms with E-state index in [0.29, 0.717) is 43.6 Å². The summed E-state index contributed by atoms with van der Waals surface area (Å²) >= 11 is 6.49. The molecular weight excluding hydrogens is 546 g/mol. The number of carboxylic acids is 1. The third kappa shape index (κ3) is 10.9. The molecule has 9 heteroatoms. The fourth-order valence-corrected chi connectivity index (χ4v) is 5.14. The van der Waals surface area contributed by atoms with Gasteiger partial charge in [0.2, 0.25) is 0 Å². The Hall–Kier alpha value is -2.20. The van der Waals surface area contributed by atoms with E-state index in [1.54, 1.807) is 0 Å². The molecule has 0 aromatic heterocycles. The number of hydrogen-bond acceptors (Lipinski definition) is 7. The number of carboxylic acid groups (broad SMARTS) is 1. The van der Waals surface area contributed by atoms with Crippen molar-refractivity contribution in [2.24, 2.45) is 0 Å². The molecule has 0 bridgehead atoms. The van der Waals surface area contributed by atoms with E-state index in [4.69, 9.17) is 30.9 Å². The molecule has 1 aliphatic carbocycles. The third-order valence-corrected chi connectivity index (χ3v) is 7.60. The smallest absolute Gasteiger partial charge is 0.320 e.